The molecule has 0 radical (unpaired) electrons. The first-order valence-electron chi connectivity index (χ1n) is 7.82. The first-order chi connectivity index (χ1) is 11.3. The zero-order valence-electron chi connectivity index (χ0n) is 12.6. The predicted octanol–water partition coefficient (Wildman–Crippen LogP) is 5.06. The molecule has 0 amide bonds. The Hall–Kier alpha value is -2.14. The van der Waals surface area contributed by atoms with E-state index in [4.69, 9.17) is 0 Å². The number of aromatic nitrogens is 3. The van der Waals surface area contributed by atoms with Crippen molar-refractivity contribution >= 4 is 11.3 Å². The van der Waals surface area contributed by atoms with E-state index in [2.05, 4.69) is 15.0 Å². The van der Waals surface area contributed by atoms with Gasteiger partial charge in [-0.15, -0.1) is 11.3 Å². The van der Waals surface area contributed by atoms with Gasteiger partial charge >= 0.3 is 0 Å². The van der Waals surface area contributed by atoms with Crippen LogP contribution < -0.4 is 0 Å². The summed E-state index contributed by atoms with van der Waals surface area (Å²) in [5, 5.41) is 0. The van der Waals surface area contributed by atoms with Crippen molar-refractivity contribution in [3.8, 4) is 21.8 Å². The number of nitrogens with zero attached hydrogens (tertiary/aromatic N) is 3. The summed E-state index contributed by atoms with van der Waals surface area (Å²) in [6, 6.07) is 6.47. The fourth-order valence-electron chi connectivity index (χ4n) is 3.29. The summed E-state index contributed by atoms with van der Waals surface area (Å²) in [4.78, 5) is 14.3. The SMILES string of the molecule is Fc1ccc(-c2ncsc2-c2ncncc2C2CCCC2)cc1. The molecule has 1 aliphatic carbocycles. The molecule has 2 aromatic heterocycles. The first-order valence-corrected chi connectivity index (χ1v) is 8.70. The van der Waals surface area contributed by atoms with Crippen LogP contribution in [0.2, 0.25) is 0 Å². The summed E-state index contributed by atoms with van der Waals surface area (Å²) < 4.78 is 13.2. The van der Waals surface area contributed by atoms with Crippen LogP contribution in [0.1, 0.15) is 37.2 Å². The minimum absolute atomic E-state index is 0.237. The number of thiazole rings is 1. The van der Waals surface area contributed by atoms with Crippen molar-refractivity contribution in [1.82, 2.24) is 15.0 Å². The van der Waals surface area contributed by atoms with Gasteiger partial charge in [0.15, 0.2) is 0 Å². The maximum atomic E-state index is 13.2. The molecule has 3 nitrogen and oxygen atoms in total. The Morgan fingerprint density at radius 3 is 2.57 bits per heavy atom. The molecular weight excluding hydrogens is 309 g/mol. The molecule has 0 spiro atoms. The molecule has 1 aromatic carbocycles. The van der Waals surface area contributed by atoms with Gasteiger partial charge in [-0.25, -0.2) is 19.3 Å². The lowest BCUT2D eigenvalue weighted by atomic mass is 9.96. The minimum atomic E-state index is -0.237. The summed E-state index contributed by atoms with van der Waals surface area (Å²) in [6.07, 6.45) is 8.49. The van der Waals surface area contributed by atoms with E-state index in [1.165, 1.54) is 43.4 Å². The highest BCUT2D eigenvalue weighted by molar-refractivity contribution is 7.13. The van der Waals surface area contributed by atoms with Crippen LogP contribution in [0.3, 0.4) is 0 Å². The summed E-state index contributed by atoms with van der Waals surface area (Å²) in [6.45, 7) is 0. The number of benzene rings is 1. The van der Waals surface area contributed by atoms with Crippen molar-refractivity contribution in [3.05, 3.63) is 53.7 Å². The van der Waals surface area contributed by atoms with E-state index in [0.717, 1.165) is 21.8 Å². The summed E-state index contributed by atoms with van der Waals surface area (Å²) >= 11 is 1.58. The second-order valence-electron chi connectivity index (χ2n) is 5.85. The molecule has 3 aromatic rings. The van der Waals surface area contributed by atoms with Crippen LogP contribution in [0.15, 0.2) is 42.3 Å². The van der Waals surface area contributed by atoms with Gasteiger partial charge in [0.2, 0.25) is 0 Å². The molecule has 0 atom stereocenters. The fraction of sp³-hybridized carbons (Fsp3) is 0.278. The van der Waals surface area contributed by atoms with Crippen LogP contribution in [-0.2, 0) is 0 Å². The van der Waals surface area contributed by atoms with Gasteiger partial charge in [0.1, 0.15) is 12.1 Å². The Morgan fingerprint density at radius 1 is 1.00 bits per heavy atom. The Kier molecular flexibility index (Phi) is 3.87. The van der Waals surface area contributed by atoms with E-state index in [1.807, 2.05) is 11.7 Å². The Bertz CT molecular complexity index is 807. The maximum Gasteiger partial charge on any atom is 0.123 e. The van der Waals surface area contributed by atoms with E-state index in [9.17, 15) is 4.39 Å². The average molecular weight is 325 g/mol. The van der Waals surface area contributed by atoms with Gasteiger partial charge in [-0.05, 0) is 43.0 Å². The Balaban J connectivity index is 1.80. The molecule has 23 heavy (non-hydrogen) atoms. The zero-order chi connectivity index (χ0) is 15.6. The van der Waals surface area contributed by atoms with Gasteiger partial charge < -0.3 is 0 Å². The van der Waals surface area contributed by atoms with E-state index >= 15 is 0 Å². The van der Waals surface area contributed by atoms with Crippen LogP contribution >= 0.6 is 11.3 Å². The minimum Gasteiger partial charge on any atom is -0.244 e. The molecule has 0 saturated heterocycles. The quantitative estimate of drug-likeness (QED) is 0.675. The van der Waals surface area contributed by atoms with Gasteiger partial charge in [0.25, 0.3) is 0 Å². The van der Waals surface area contributed by atoms with Crippen LogP contribution in [0.4, 0.5) is 4.39 Å². The molecule has 0 N–H and O–H groups in total. The molecule has 2 heterocycles. The normalized spacial score (nSPS) is 15.2. The van der Waals surface area contributed by atoms with Gasteiger partial charge in [0.05, 0.1) is 21.8 Å². The molecule has 0 bridgehead atoms. The number of hydrogen-bond donors (Lipinski definition) is 0. The van der Waals surface area contributed by atoms with E-state index < -0.39 is 0 Å². The lowest BCUT2D eigenvalue weighted by molar-refractivity contribution is 0.628. The van der Waals surface area contributed by atoms with Gasteiger partial charge in [-0.3, -0.25) is 0 Å². The van der Waals surface area contributed by atoms with Crippen molar-refractivity contribution in [2.75, 3.05) is 0 Å². The topological polar surface area (TPSA) is 38.7 Å². The Labute approximate surface area is 138 Å². The highest BCUT2D eigenvalue weighted by atomic mass is 32.1. The van der Waals surface area contributed by atoms with E-state index in [-0.39, 0.29) is 5.82 Å². The standard InChI is InChI=1S/C18H16FN3S/c19-14-7-5-13(6-8-14)16-18(23-11-22-16)17-15(9-20-10-21-17)12-3-1-2-4-12/h5-12H,1-4H2. The smallest absolute Gasteiger partial charge is 0.123 e. The molecule has 1 fully saturated rings. The zero-order valence-corrected chi connectivity index (χ0v) is 13.4. The molecule has 0 unspecified atom stereocenters. The first kappa shape index (κ1) is 14.5. The van der Waals surface area contributed by atoms with Crippen molar-refractivity contribution in [1.29, 1.82) is 0 Å². The van der Waals surface area contributed by atoms with Gasteiger partial charge in [-0.2, -0.15) is 0 Å². The summed E-state index contributed by atoms with van der Waals surface area (Å²) in [5.41, 5.74) is 5.81. The second-order valence-corrected chi connectivity index (χ2v) is 6.70. The van der Waals surface area contributed by atoms with E-state index in [0.29, 0.717) is 5.92 Å². The number of rotatable bonds is 3. The molecule has 0 aliphatic heterocycles. The van der Waals surface area contributed by atoms with Gasteiger partial charge in [-0.1, -0.05) is 12.8 Å². The third-order valence-corrected chi connectivity index (χ3v) is 5.27. The molecule has 5 heteroatoms. The number of halogens is 1. The van der Waals surface area contributed by atoms with Crippen molar-refractivity contribution in [2.24, 2.45) is 0 Å². The van der Waals surface area contributed by atoms with Crippen LogP contribution in [-0.4, -0.2) is 15.0 Å². The largest absolute Gasteiger partial charge is 0.244 e. The van der Waals surface area contributed by atoms with Crippen LogP contribution in [0.5, 0.6) is 0 Å². The summed E-state index contributed by atoms with van der Waals surface area (Å²) in [7, 11) is 0. The van der Waals surface area contributed by atoms with Crippen molar-refractivity contribution < 1.29 is 4.39 Å². The Morgan fingerprint density at radius 2 is 1.78 bits per heavy atom. The fourth-order valence-corrected chi connectivity index (χ4v) is 4.12. The van der Waals surface area contributed by atoms with Crippen molar-refractivity contribution in [3.63, 3.8) is 0 Å². The van der Waals surface area contributed by atoms with Gasteiger partial charge in [0, 0.05) is 17.3 Å². The van der Waals surface area contributed by atoms with Crippen molar-refractivity contribution in [2.45, 2.75) is 31.6 Å². The molecular formula is C18H16FN3S. The third kappa shape index (κ3) is 2.77. The third-order valence-electron chi connectivity index (χ3n) is 4.44. The average Bonchev–Trinajstić information content (AvgIpc) is 3.27. The lowest BCUT2D eigenvalue weighted by Gasteiger charge is -2.13. The monoisotopic (exact) mass is 325 g/mol. The summed E-state index contributed by atoms with van der Waals surface area (Å²) in [5.74, 6) is 0.300. The second kappa shape index (κ2) is 6.16. The maximum absolute atomic E-state index is 13.2. The predicted molar refractivity (Wildman–Crippen MR) is 89.7 cm³/mol. The molecule has 4 rings (SSSR count). The van der Waals surface area contributed by atoms with E-state index in [1.54, 1.807) is 29.8 Å². The number of hydrogen-bond acceptors (Lipinski definition) is 4. The highest BCUT2D eigenvalue weighted by Crippen LogP contribution is 2.41. The molecule has 116 valence electrons. The van der Waals surface area contributed by atoms with Crippen LogP contribution in [0.25, 0.3) is 21.8 Å². The van der Waals surface area contributed by atoms with Crippen LogP contribution in [0, 0.1) is 5.82 Å². The molecule has 1 saturated carbocycles. The highest BCUT2D eigenvalue weighted by Gasteiger charge is 2.24. The lowest BCUT2D eigenvalue weighted by Crippen LogP contribution is -1.99. The molecule has 1 aliphatic rings.